The van der Waals surface area contributed by atoms with E-state index in [-0.39, 0.29) is 24.2 Å². The molecule has 0 aliphatic rings. The molecule has 0 fully saturated rings. The molecule has 1 N–H and O–H groups in total. The van der Waals surface area contributed by atoms with Crippen molar-refractivity contribution in [2.75, 3.05) is 0 Å². The molecule has 0 aliphatic heterocycles. The Kier molecular flexibility index (Phi) is 3.94. The van der Waals surface area contributed by atoms with Crippen LogP contribution in [0.3, 0.4) is 0 Å². The van der Waals surface area contributed by atoms with Gasteiger partial charge >= 0.3 is 0 Å². The predicted octanol–water partition coefficient (Wildman–Crippen LogP) is 2.55. The first-order chi connectivity index (χ1) is 9.04. The van der Waals surface area contributed by atoms with Crippen LogP contribution in [-0.4, -0.2) is 17.1 Å². The molecular weight excluding hydrogens is 247 g/mol. The lowest BCUT2D eigenvalue weighted by Gasteiger charge is -2.05. The van der Waals surface area contributed by atoms with Gasteiger partial charge in [0.2, 0.25) is 5.91 Å². The second-order valence-electron chi connectivity index (χ2n) is 4.59. The van der Waals surface area contributed by atoms with Gasteiger partial charge in [0.05, 0.1) is 12.1 Å². The van der Waals surface area contributed by atoms with Gasteiger partial charge < -0.3 is 9.84 Å². The Hall–Kier alpha value is -2.17. The highest BCUT2D eigenvalue weighted by molar-refractivity contribution is 5.78. The van der Waals surface area contributed by atoms with Crippen molar-refractivity contribution in [3.8, 4) is 11.3 Å². The zero-order chi connectivity index (χ0) is 13.8. The van der Waals surface area contributed by atoms with Crippen molar-refractivity contribution in [1.29, 1.82) is 0 Å². The van der Waals surface area contributed by atoms with Crippen molar-refractivity contribution in [3.05, 3.63) is 41.8 Å². The van der Waals surface area contributed by atoms with Gasteiger partial charge in [0, 0.05) is 17.7 Å². The molecule has 1 aromatic heterocycles. The number of carbonyl (C=O) groups excluding carboxylic acids is 1. The summed E-state index contributed by atoms with van der Waals surface area (Å²) in [5.41, 5.74) is 1.28. The third-order valence-corrected chi connectivity index (χ3v) is 2.48. The van der Waals surface area contributed by atoms with E-state index in [1.807, 2.05) is 13.8 Å². The molecule has 1 amide bonds. The van der Waals surface area contributed by atoms with Crippen LogP contribution in [0, 0.1) is 5.82 Å². The molecule has 19 heavy (non-hydrogen) atoms. The summed E-state index contributed by atoms with van der Waals surface area (Å²) in [4.78, 5) is 11.6. The number of nitrogens with zero attached hydrogens (tertiary/aromatic N) is 1. The van der Waals surface area contributed by atoms with Crippen LogP contribution in [0.5, 0.6) is 0 Å². The third kappa shape index (κ3) is 3.64. The normalized spacial score (nSPS) is 10.7. The second-order valence-corrected chi connectivity index (χ2v) is 4.59. The van der Waals surface area contributed by atoms with Crippen LogP contribution in [-0.2, 0) is 11.2 Å². The molecule has 0 unspecified atom stereocenters. The molecule has 100 valence electrons. The molecule has 1 aromatic carbocycles. The molecule has 4 nitrogen and oxygen atoms in total. The van der Waals surface area contributed by atoms with Crippen LogP contribution in [0.1, 0.15) is 19.5 Å². The Morgan fingerprint density at radius 1 is 1.37 bits per heavy atom. The van der Waals surface area contributed by atoms with Crippen molar-refractivity contribution >= 4 is 5.91 Å². The summed E-state index contributed by atoms with van der Waals surface area (Å²) in [5.74, 6) is 0.112. The molecule has 2 rings (SSSR count). The van der Waals surface area contributed by atoms with Gasteiger partial charge in [-0.25, -0.2) is 4.39 Å². The average Bonchev–Trinajstić information content (AvgIpc) is 2.77. The highest BCUT2D eigenvalue weighted by Crippen LogP contribution is 2.20. The smallest absolute Gasteiger partial charge is 0.226 e. The summed E-state index contributed by atoms with van der Waals surface area (Å²) in [6, 6.07) is 7.69. The van der Waals surface area contributed by atoms with E-state index in [0.29, 0.717) is 11.5 Å². The maximum absolute atomic E-state index is 12.8. The standard InChI is InChI=1S/C14H15FN2O2/c1-9(2)16-14(18)8-12-7-13(19-17-12)10-3-5-11(15)6-4-10/h3-7,9H,8H2,1-2H3,(H,16,18). The van der Waals surface area contributed by atoms with E-state index < -0.39 is 0 Å². The fourth-order valence-corrected chi connectivity index (χ4v) is 1.68. The van der Waals surface area contributed by atoms with Crippen molar-refractivity contribution in [2.24, 2.45) is 0 Å². The number of amides is 1. The number of hydrogen-bond acceptors (Lipinski definition) is 3. The minimum atomic E-state index is -0.306. The van der Waals surface area contributed by atoms with Crippen molar-refractivity contribution < 1.29 is 13.7 Å². The summed E-state index contributed by atoms with van der Waals surface area (Å²) >= 11 is 0. The Bertz CT molecular complexity index is 561. The number of nitrogens with one attached hydrogen (secondary N) is 1. The average molecular weight is 262 g/mol. The molecule has 5 heteroatoms. The minimum absolute atomic E-state index is 0.0935. The molecule has 0 radical (unpaired) electrons. The molecule has 0 aliphatic carbocycles. The first-order valence-electron chi connectivity index (χ1n) is 6.05. The summed E-state index contributed by atoms with van der Waals surface area (Å²) in [7, 11) is 0. The lowest BCUT2D eigenvalue weighted by Crippen LogP contribution is -2.31. The van der Waals surface area contributed by atoms with Crippen LogP contribution in [0.2, 0.25) is 0 Å². The highest BCUT2D eigenvalue weighted by atomic mass is 19.1. The van der Waals surface area contributed by atoms with Gasteiger partial charge in [-0.15, -0.1) is 0 Å². The van der Waals surface area contributed by atoms with Crippen molar-refractivity contribution in [3.63, 3.8) is 0 Å². The molecule has 1 heterocycles. The Balaban J connectivity index is 2.07. The van der Waals surface area contributed by atoms with E-state index in [1.54, 1.807) is 18.2 Å². The van der Waals surface area contributed by atoms with Gasteiger partial charge in [-0.1, -0.05) is 5.16 Å². The third-order valence-electron chi connectivity index (χ3n) is 2.48. The van der Waals surface area contributed by atoms with Gasteiger partial charge in [-0.05, 0) is 38.1 Å². The van der Waals surface area contributed by atoms with Crippen molar-refractivity contribution in [1.82, 2.24) is 10.5 Å². The molecule has 0 saturated carbocycles. The zero-order valence-corrected chi connectivity index (χ0v) is 10.8. The van der Waals surface area contributed by atoms with Gasteiger partial charge in [0.1, 0.15) is 5.82 Å². The summed E-state index contributed by atoms with van der Waals surface area (Å²) in [6.45, 7) is 3.79. The number of halogens is 1. The maximum Gasteiger partial charge on any atom is 0.226 e. The number of aromatic nitrogens is 1. The lowest BCUT2D eigenvalue weighted by molar-refractivity contribution is -0.121. The number of benzene rings is 1. The first kappa shape index (κ1) is 13.3. The molecular formula is C14H15FN2O2. The van der Waals surface area contributed by atoms with Gasteiger partial charge in [-0.3, -0.25) is 4.79 Å². The van der Waals surface area contributed by atoms with Crippen LogP contribution < -0.4 is 5.32 Å². The van der Waals surface area contributed by atoms with E-state index in [0.717, 1.165) is 5.56 Å². The van der Waals surface area contributed by atoms with E-state index in [4.69, 9.17) is 4.52 Å². The molecule has 0 atom stereocenters. The van der Waals surface area contributed by atoms with Crippen LogP contribution >= 0.6 is 0 Å². The predicted molar refractivity (Wildman–Crippen MR) is 68.9 cm³/mol. The zero-order valence-electron chi connectivity index (χ0n) is 10.8. The number of carbonyl (C=O) groups is 1. The first-order valence-corrected chi connectivity index (χ1v) is 6.05. The molecule has 0 saturated heterocycles. The SMILES string of the molecule is CC(C)NC(=O)Cc1cc(-c2ccc(F)cc2)on1. The fourth-order valence-electron chi connectivity index (χ4n) is 1.68. The van der Waals surface area contributed by atoms with E-state index in [1.165, 1.54) is 12.1 Å². The van der Waals surface area contributed by atoms with Gasteiger partial charge in [0.25, 0.3) is 0 Å². The largest absolute Gasteiger partial charge is 0.356 e. The Morgan fingerprint density at radius 2 is 2.05 bits per heavy atom. The topological polar surface area (TPSA) is 55.1 Å². The Morgan fingerprint density at radius 3 is 2.68 bits per heavy atom. The van der Waals surface area contributed by atoms with Crippen molar-refractivity contribution in [2.45, 2.75) is 26.3 Å². The Labute approximate surface area is 110 Å². The lowest BCUT2D eigenvalue weighted by atomic mass is 10.1. The van der Waals surface area contributed by atoms with E-state index >= 15 is 0 Å². The van der Waals surface area contributed by atoms with E-state index in [9.17, 15) is 9.18 Å². The summed E-state index contributed by atoms with van der Waals surface area (Å²) in [5, 5.41) is 6.61. The molecule has 0 bridgehead atoms. The number of hydrogen-bond donors (Lipinski definition) is 1. The molecule has 2 aromatic rings. The summed E-state index contributed by atoms with van der Waals surface area (Å²) < 4.78 is 17.9. The summed E-state index contributed by atoms with van der Waals surface area (Å²) in [6.07, 6.45) is 0.170. The molecule has 0 spiro atoms. The quantitative estimate of drug-likeness (QED) is 0.921. The number of rotatable bonds is 4. The van der Waals surface area contributed by atoms with Gasteiger partial charge in [-0.2, -0.15) is 0 Å². The second kappa shape index (κ2) is 5.65. The fraction of sp³-hybridized carbons (Fsp3) is 0.286. The minimum Gasteiger partial charge on any atom is -0.356 e. The van der Waals surface area contributed by atoms with Crippen LogP contribution in [0.15, 0.2) is 34.9 Å². The van der Waals surface area contributed by atoms with Crippen LogP contribution in [0.4, 0.5) is 4.39 Å². The van der Waals surface area contributed by atoms with Gasteiger partial charge in [0.15, 0.2) is 5.76 Å². The monoisotopic (exact) mass is 262 g/mol. The maximum atomic E-state index is 12.8. The van der Waals surface area contributed by atoms with E-state index in [2.05, 4.69) is 10.5 Å². The van der Waals surface area contributed by atoms with Crippen LogP contribution in [0.25, 0.3) is 11.3 Å². The highest BCUT2D eigenvalue weighted by Gasteiger charge is 2.11.